The van der Waals surface area contributed by atoms with E-state index < -0.39 is 17.8 Å². The first kappa shape index (κ1) is 16.0. The molecular weight excluding hydrogens is 421 g/mol. The highest BCUT2D eigenvalue weighted by Crippen LogP contribution is 2.39. The van der Waals surface area contributed by atoms with Crippen molar-refractivity contribution in [3.63, 3.8) is 0 Å². The number of thiophene rings is 1. The predicted octanol–water partition coefficient (Wildman–Crippen LogP) is 5.68. The lowest BCUT2D eigenvalue weighted by molar-refractivity contribution is -0.138. The molecule has 1 aromatic carbocycles. The molecular formula is C13H9Br2F3OS. The molecule has 2 rings (SSSR count). The molecule has 0 amide bonds. The SMILES string of the molecule is Cc1cc(C(O)c2ccc(Br)c(C(F)(F)F)c2)sc1Br. The summed E-state index contributed by atoms with van der Waals surface area (Å²) in [5, 5.41) is 10.2. The minimum atomic E-state index is -4.46. The average molecular weight is 430 g/mol. The molecule has 7 heteroatoms. The van der Waals surface area contributed by atoms with E-state index in [4.69, 9.17) is 0 Å². The molecule has 0 spiro atoms. The molecule has 0 bridgehead atoms. The van der Waals surface area contributed by atoms with Crippen LogP contribution in [0, 0.1) is 6.92 Å². The van der Waals surface area contributed by atoms with E-state index in [2.05, 4.69) is 31.9 Å². The molecule has 1 N–H and O–H groups in total. The van der Waals surface area contributed by atoms with Crippen LogP contribution < -0.4 is 0 Å². The van der Waals surface area contributed by atoms with Gasteiger partial charge in [0.05, 0.1) is 9.35 Å². The third kappa shape index (κ3) is 3.27. The van der Waals surface area contributed by atoms with Gasteiger partial charge >= 0.3 is 6.18 Å². The first-order chi connectivity index (χ1) is 9.20. The van der Waals surface area contributed by atoms with Crippen LogP contribution in [0.2, 0.25) is 0 Å². The topological polar surface area (TPSA) is 20.2 Å². The van der Waals surface area contributed by atoms with Crippen LogP contribution >= 0.6 is 43.2 Å². The Labute approximate surface area is 134 Å². The highest BCUT2D eigenvalue weighted by molar-refractivity contribution is 9.11. The molecule has 1 atom stereocenters. The molecule has 0 fully saturated rings. The molecule has 0 radical (unpaired) electrons. The number of hydrogen-bond donors (Lipinski definition) is 1. The summed E-state index contributed by atoms with van der Waals surface area (Å²) in [4.78, 5) is 0.602. The molecule has 20 heavy (non-hydrogen) atoms. The Hall–Kier alpha value is -0.370. The first-order valence-electron chi connectivity index (χ1n) is 5.50. The van der Waals surface area contributed by atoms with Crippen LogP contribution in [0.15, 0.2) is 32.5 Å². The molecule has 0 saturated heterocycles. The minimum absolute atomic E-state index is 0.0375. The lowest BCUT2D eigenvalue weighted by atomic mass is 10.0. The van der Waals surface area contributed by atoms with E-state index >= 15 is 0 Å². The summed E-state index contributed by atoms with van der Waals surface area (Å²) in [6, 6.07) is 5.51. The Morgan fingerprint density at radius 2 is 1.85 bits per heavy atom. The van der Waals surface area contributed by atoms with E-state index in [0.29, 0.717) is 4.88 Å². The van der Waals surface area contributed by atoms with Crippen LogP contribution in [-0.4, -0.2) is 5.11 Å². The van der Waals surface area contributed by atoms with E-state index in [9.17, 15) is 18.3 Å². The van der Waals surface area contributed by atoms with Gasteiger partial charge in [0, 0.05) is 9.35 Å². The zero-order valence-corrected chi connectivity index (χ0v) is 14.1. The fourth-order valence-electron chi connectivity index (χ4n) is 1.71. The minimum Gasteiger partial charge on any atom is -0.383 e. The van der Waals surface area contributed by atoms with Crippen LogP contribution in [0.5, 0.6) is 0 Å². The maximum Gasteiger partial charge on any atom is 0.417 e. The zero-order valence-electron chi connectivity index (χ0n) is 10.1. The molecule has 1 unspecified atom stereocenters. The Balaban J connectivity index is 2.43. The quantitative estimate of drug-likeness (QED) is 0.650. The molecule has 1 heterocycles. The maximum absolute atomic E-state index is 12.8. The van der Waals surface area contributed by atoms with Gasteiger partial charge in [0.25, 0.3) is 0 Å². The number of aliphatic hydroxyl groups is 1. The van der Waals surface area contributed by atoms with Gasteiger partial charge in [-0.25, -0.2) is 0 Å². The van der Waals surface area contributed by atoms with Crippen LogP contribution in [0.25, 0.3) is 0 Å². The van der Waals surface area contributed by atoms with Crippen molar-refractivity contribution in [1.82, 2.24) is 0 Å². The van der Waals surface area contributed by atoms with Crippen molar-refractivity contribution in [1.29, 1.82) is 0 Å². The first-order valence-corrected chi connectivity index (χ1v) is 7.91. The number of benzene rings is 1. The number of aryl methyl sites for hydroxylation is 1. The number of alkyl halides is 3. The van der Waals surface area contributed by atoms with Gasteiger partial charge in [-0.05, 0) is 52.2 Å². The molecule has 0 aliphatic heterocycles. The lowest BCUT2D eigenvalue weighted by Crippen LogP contribution is -2.08. The van der Waals surface area contributed by atoms with Crippen molar-refractivity contribution in [2.45, 2.75) is 19.2 Å². The smallest absolute Gasteiger partial charge is 0.383 e. The third-order valence-corrected chi connectivity index (χ3v) is 5.64. The van der Waals surface area contributed by atoms with Gasteiger partial charge in [-0.3, -0.25) is 0 Å². The summed E-state index contributed by atoms with van der Waals surface area (Å²) in [5.41, 5.74) is 0.368. The Bertz CT molecular complexity index is 618. The molecule has 108 valence electrons. The van der Waals surface area contributed by atoms with Crippen molar-refractivity contribution < 1.29 is 18.3 Å². The molecule has 1 nitrogen and oxygen atoms in total. The van der Waals surface area contributed by atoms with Gasteiger partial charge < -0.3 is 5.11 Å². The number of hydrogen-bond acceptors (Lipinski definition) is 2. The average Bonchev–Trinajstić information content (AvgIpc) is 2.68. The lowest BCUT2D eigenvalue weighted by Gasteiger charge is -2.14. The normalized spacial score (nSPS) is 13.6. The molecule has 0 aliphatic rings. The van der Waals surface area contributed by atoms with Gasteiger partial charge in [0.1, 0.15) is 6.10 Å². The summed E-state index contributed by atoms with van der Waals surface area (Å²) < 4.78 is 39.4. The molecule has 2 aromatic rings. The summed E-state index contributed by atoms with van der Waals surface area (Å²) >= 11 is 7.52. The fraction of sp³-hybridized carbons (Fsp3) is 0.231. The standard InChI is InChI=1S/C13H9Br2F3OS/c1-6-4-10(20-12(6)15)11(19)7-2-3-9(14)8(5-7)13(16,17)18/h2-5,11,19H,1H3. The second-order valence-electron chi connectivity index (χ2n) is 4.25. The Morgan fingerprint density at radius 1 is 1.20 bits per heavy atom. The van der Waals surface area contributed by atoms with Crippen LogP contribution in [0.1, 0.15) is 27.7 Å². The number of rotatable bonds is 2. The summed E-state index contributed by atoms with van der Waals surface area (Å²) in [6.07, 6.45) is -5.53. The van der Waals surface area contributed by atoms with E-state index in [1.165, 1.54) is 23.5 Å². The van der Waals surface area contributed by atoms with Crippen molar-refractivity contribution in [3.8, 4) is 0 Å². The van der Waals surface area contributed by atoms with Crippen LogP contribution in [0.4, 0.5) is 13.2 Å². The molecule has 1 aromatic heterocycles. The highest BCUT2D eigenvalue weighted by atomic mass is 79.9. The largest absolute Gasteiger partial charge is 0.417 e. The van der Waals surface area contributed by atoms with Gasteiger partial charge in [-0.15, -0.1) is 11.3 Å². The predicted molar refractivity (Wildman–Crippen MR) is 80.0 cm³/mol. The van der Waals surface area contributed by atoms with Crippen LogP contribution in [0.3, 0.4) is 0 Å². The van der Waals surface area contributed by atoms with Gasteiger partial charge in [-0.2, -0.15) is 13.2 Å². The highest BCUT2D eigenvalue weighted by Gasteiger charge is 2.33. The number of aliphatic hydroxyl groups excluding tert-OH is 1. The zero-order chi connectivity index (χ0) is 15.1. The van der Waals surface area contributed by atoms with E-state index in [-0.39, 0.29) is 10.0 Å². The monoisotopic (exact) mass is 428 g/mol. The summed E-state index contributed by atoms with van der Waals surface area (Å²) in [6.45, 7) is 1.86. The Morgan fingerprint density at radius 3 is 2.35 bits per heavy atom. The van der Waals surface area contributed by atoms with Gasteiger partial charge in [0.15, 0.2) is 0 Å². The van der Waals surface area contributed by atoms with E-state index in [1.807, 2.05) is 6.92 Å². The fourth-order valence-corrected chi connectivity index (χ4v) is 3.77. The Kier molecular flexibility index (Phi) is 4.63. The van der Waals surface area contributed by atoms with E-state index in [1.54, 1.807) is 6.07 Å². The van der Waals surface area contributed by atoms with Crippen LogP contribution in [-0.2, 0) is 6.18 Å². The van der Waals surface area contributed by atoms with Crippen molar-refractivity contribution in [3.05, 3.63) is 54.1 Å². The van der Waals surface area contributed by atoms with Gasteiger partial charge in [-0.1, -0.05) is 22.0 Å². The van der Waals surface area contributed by atoms with Gasteiger partial charge in [0.2, 0.25) is 0 Å². The summed E-state index contributed by atoms with van der Waals surface area (Å²) in [7, 11) is 0. The third-order valence-electron chi connectivity index (χ3n) is 2.76. The maximum atomic E-state index is 12.8. The molecule has 0 aliphatic carbocycles. The van der Waals surface area contributed by atoms with Crippen molar-refractivity contribution in [2.24, 2.45) is 0 Å². The van der Waals surface area contributed by atoms with Crippen molar-refractivity contribution >= 4 is 43.2 Å². The van der Waals surface area contributed by atoms with E-state index in [0.717, 1.165) is 15.4 Å². The molecule has 0 saturated carbocycles. The van der Waals surface area contributed by atoms with Crippen molar-refractivity contribution in [2.75, 3.05) is 0 Å². The second-order valence-corrected chi connectivity index (χ2v) is 7.50. The number of halogens is 5. The summed E-state index contributed by atoms with van der Waals surface area (Å²) in [5.74, 6) is 0. The second kappa shape index (κ2) is 5.79.